The molecule has 0 spiro atoms. The summed E-state index contributed by atoms with van der Waals surface area (Å²) in [6.07, 6.45) is -1.13. The van der Waals surface area contributed by atoms with Crippen LogP contribution in [0.25, 0.3) is 11.1 Å². The number of alkyl halides is 3. The van der Waals surface area contributed by atoms with Crippen molar-refractivity contribution in [3.05, 3.63) is 48.2 Å². The van der Waals surface area contributed by atoms with E-state index in [9.17, 15) is 13.2 Å². The van der Waals surface area contributed by atoms with E-state index in [1.54, 1.807) is 18.2 Å². The van der Waals surface area contributed by atoms with Crippen molar-refractivity contribution in [3.8, 4) is 34.1 Å². The smallest absolute Gasteiger partial charge is 0.493 e. The molecular formula is C24H25F3N4O3. The van der Waals surface area contributed by atoms with Crippen LogP contribution in [0.15, 0.2) is 42.6 Å². The zero-order valence-electron chi connectivity index (χ0n) is 18.7. The lowest BCUT2D eigenvalue weighted by molar-refractivity contribution is -0.274. The second-order valence-corrected chi connectivity index (χ2v) is 8.45. The first-order chi connectivity index (χ1) is 16.1. The van der Waals surface area contributed by atoms with Crippen molar-refractivity contribution < 1.29 is 27.4 Å². The van der Waals surface area contributed by atoms with Gasteiger partial charge < -0.3 is 25.7 Å². The van der Waals surface area contributed by atoms with Crippen molar-refractivity contribution in [1.82, 2.24) is 9.97 Å². The number of ether oxygens (including phenoxy) is 3. The predicted octanol–water partition coefficient (Wildman–Crippen LogP) is 5.91. The molecule has 3 aromatic rings. The van der Waals surface area contributed by atoms with Gasteiger partial charge in [-0.3, -0.25) is 0 Å². The van der Waals surface area contributed by atoms with E-state index in [1.807, 2.05) is 19.9 Å². The maximum absolute atomic E-state index is 12.6. The minimum atomic E-state index is -4.76. The zero-order valence-corrected chi connectivity index (χ0v) is 18.7. The predicted molar refractivity (Wildman–Crippen MR) is 122 cm³/mol. The minimum Gasteiger partial charge on any atom is -0.493 e. The number of nitrogen functional groups attached to an aromatic ring is 2. The number of hydrogen-bond acceptors (Lipinski definition) is 7. The highest BCUT2D eigenvalue weighted by atomic mass is 19.4. The van der Waals surface area contributed by atoms with Crippen molar-refractivity contribution in [3.63, 3.8) is 0 Å². The van der Waals surface area contributed by atoms with Crippen LogP contribution < -0.4 is 25.7 Å². The molecule has 1 fully saturated rings. The average Bonchev–Trinajstić information content (AvgIpc) is 3.58. The average molecular weight is 474 g/mol. The summed E-state index contributed by atoms with van der Waals surface area (Å²) in [7, 11) is 0. The molecule has 0 unspecified atom stereocenters. The van der Waals surface area contributed by atoms with Gasteiger partial charge in [-0.15, -0.1) is 13.2 Å². The Balaban J connectivity index is 1.75. The molecule has 4 rings (SSSR count). The third kappa shape index (κ3) is 5.81. The Bertz CT molecular complexity index is 1160. The van der Waals surface area contributed by atoms with Crippen LogP contribution in [-0.4, -0.2) is 22.9 Å². The molecule has 0 atom stereocenters. The van der Waals surface area contributed by atoms with E-state index in [4.69, 9.17) is 20.9 Å². The van der Waals surface area contributed by atoms with Gasteiger partial charge >= 0.3 is 6.36 Å². The maximum atomic E-state index is 12.6. The molecule has 1 aliphatic rings. The van der Waals surface area contributed by atoms with Crippen molar-refractivity contribution in [1.29, 1.82) is 0 Å². The highest BCUT2D eigenvalue weighted by Gasteiger charge is 2.31. The number of benzene rings is 2. The number of anilines is 2. The third-order valence-electron chi connectivity index (χ3n) is 5.33. The van der Waals surface area contributed by atoms with Crippen LogP contribution in [0.2, 0.25) is 0 Å². The van der Waals surface area contributed by atoms with Crippen LogP contribution in [0.4, 0.5) is 24.9 Å². The van der Waals surface area contributed by atoms with Gasteiger partial charge in [-0.2, -0.15) is 4.98 Å². The minimum absolute atomic E-state index is 0.0274. The largest absolute Gasteiger partial charge is 0.573 e. The molecule has 7 nitrogen and oxygen atoms in total. The van der Waals surface area contributed by atoms with Gasteiger partial charge in [0.25, 0.3) is 0 Å². The molecule has 2 aromatic carbocycles. The number of nitrogens with two attached hydrogens (primary N) is 2. The quantitative estimate of drug-likeness (QED) is 0.418. The summed E-state index contributed by atoms with van der Waals surface area (Å²) in [4.78, 5) is 7.86. The number of hydrogen-bond donors (Lipinski definition) is 2. The molecule has 1 aliphatic carbocycles. The van der Waals surface area contributed by atoms with Crippen molar-refractivity contribution in [2.75, 3.05) is 18.1 Å². The second-order valence-electron chi connectivity index (χ2n) is 8.45. The first-order valence-corrected chi connectivity index (χ1v) is 10.8. The molecule has 180 valence electrons. The normalized spacial score (nSPS) is 13.7. The van der Waals surface area contributed by atoms with Gasteiger partial charge in [0.2, 0.25) is 5.95 Å². The lowest BCUT2D eigenvalue weighted by Crippen LogP contribution is -2.16. The lowest BCUT2D eigenvalue weighted by atomic mass is 9.96. The second kappa shape index (κ2) is 9.28. The van der Waals surface area contributed by atoms with Crippen molar-refractivity contribution >= 4 is 11.8 Å². The molecule has 1 saturated carbocycles. The van der Waals surface area contributed by atoms with E-state index >= 15 is 0 Å². The third-order valence-corrected chi connectivity index (χ3v) is 5.33. The van der Waals surface area contributed by atoms with Gasteiger partial charge in [0.05, 0.1) is 12.8 Å². The molecule has 1 heterocycles. The Morgan fingerprint density at radius 2 is 1.74 bits per heavy atom. The highest BCUT2D eigenvalue weighted by Crippen LogP contribution is 2.42. The molecule has 0 radical (unpaired) electrons. The van der Waals surface area contributed by atoms with Gasteiger partial charge in [-0.25, -0.2) is 4.98 Å². The number of nitrogens with zero attached hydrogens (tertiary/aromatic N) is 2. The molecule has 34 heavy (non-hydrogen) atoms. The topological polar surface area (TPSA) is 106 Å². The van der Waals surface area contributed by atoms with Gasteiger partial charge in [0.1, 0.15) is 17.2 Å². The molecular weight excluding hydrogens is 449 g/mol. The van der Waals surface area contributed by atoms with Gasteiger partial charge in [-0.05, 0) is 54.5 Å². The van der Waals surface area contributed by atoms with Crippen LogP contribution in [0.5, 0.6) is 23.0 Å². The fourth-order valence-electron chi connectivity index (χ4n) is 3.38. The molecule has 0 bridgehead atoms. The van der Waals surface area contributed by atoms with Gasteiger partial charge in [0.15, 0.2) is 11.6 Å². The summed E-state index contributed by atoms with van der Waals surface area (Å²) in [5.74, 6) is 1.76. The molecule has 0 amide bonds. The van der Waals surface area contributed by atoms with Crippen molar-refractivity contribution in [2.24, 2.45) is 5.92 Å². The Morgan fingerprint density at radius 1 is 1.03 bits per heavy atom. The standard InChI is InChI=1S/C24H25F3N4O3/c1-13(2)17-9-19(32-12-14-3-4-14)18(15-5-7-16(8-6-15)34-24(25,26)27)10-20(17)33-21-11-30-23(29)31-22(21)28/h5-11,13-14H,3-4,12H2,1-2H3,(H4,28,29,30,31). The van der Waals surface area contributed by atoms with E-state index < -0.39 is 6.36 Å². The van der Waals surface area contributed by atoms with Gasteiger partial charge in [-0.1, -0.05) is 26.0 Å². The Hall–Kier alpha value is -3.69. The van der Waals surface area contributed by atoms with Crippen LogP contribution in [0, 0.1) is 5.92 Å². The molecule has 10 heteroatoms. The van der Waals surface area contributed by atoms with E-state index in [1.165, 1.54) is 18.3 Å². The van der Waals surface area contributed by atoms with Crippen LogP contribution >= 0.6 is 0 Å². The zero-order chi connectivity index (χ0) is 24.5. The Morgan fingerprint density at radius 3 is 2.32 bits per heavy atom. The fourth-order valence-corrected chi connectivity index (χ4v) is 3.38. The Kier molecular flexibility index (Phi) is 6.41. The summed E-state index contributed by atoms with van der Waals surface area (Å²) >= 11 is 0. The van der Waals surface area contributed by atoms with E-state index in [0.717, 1.165) is 18.4 Å². The summed E-state index contributed by atoms with van der Waals surface area (Å²) in [6, 6.07) is 9.28. The highest BCUT2D eigenvalue weighted by molar-refractivity contribution is 5.74. The SMILES string of the molecule is CC(C)c1cc(OCC2CC2)c(-c2ccc(OC(F)(F)F)cc2)cc1Oc1cnc(N)nc1N. The van der Waals surface area contributed by atoms with Crippen LogP contribution in [0.3, 0.4) is 0 Å². The Labute approximate surface area is 194 Å². The molecule has 1 aromatic heterocycles. The summed E-state index contributed by atoms with van der Waals surface area (Å²) in [5.41, 5.74) is 13.7. The van der Waals surface area contributed by atoms with Crippen LogP contribution in [0.1, 0.15) is 38.2 Å². The summed E-state index contributed by atoms with van der Waals surface area (Å²) in [5, 5.41) is 0. The molecule has 0 aliphatic heterocycles. The molecule has 4 N–H and O–H groups in total. The number of aromatic nitrogens is 2. The maximum Gasteiger partial charge on any atom is 0.573 e. The number of halogens is 3. The summed E-state index contributed by atoms with van der Waals surface area (Å²) < 4.78 is 53.9. The molecule has 0 saturated heterocycles. The van der Waals surface area contributed by atoms with E-state index in [-0.39, 0.29) is 29.2 Å². The van der Waals surface area contributed by atoms with E-state index in [0.29, 0.717) is 35.2 Å². The fraction of sp³-hybridized carbons (Fsp3) is 0.333. The van der Waals surface area contributed by atoms with Crippen LogP contribution in [-0.2, 0) is 0 Å². The monoisotopic (exact) mass is 474 g/mol. The van der Waals surface area contributed by atoms with Gasteiger partial charge in [0, 0.05) is 11.1 Å². The number of rotatable bonds is 8. The first kappa shape index (κ1) is 23.5. The van der Waals surface area contributed by atoms with E-state index in [2.05, 4.69) is 14.7 Å². The first-order valence-electron chi connectivity index (χ1n) is 10.8. The van der Waals surface area contributed by atoms with Crippen molar-refractivity contribution in [2.45, 2.75) is 39.0 Å². The lowest BCUT2D eigenvalue weighted by Gasteiger charge is -2.20. The summed E-state index contributed by atoms with van der Waals surface area (Å²) in [6.45, 7) is 4.59.